The number of halogens is 1. The molecule has 0 radical (unpaired) electrons. The number of hydrogen-bond acceptors (Lipinski definition) is 4. The number of nitrogen functional groups attached to an aromatic ring is 1. The zero-order chi connectivity index (χ0) is 14.2. The molecule has 1 aliphatic heterocycles. The van der Waals surface area contributed by atoms with E-state index in [9.17, 15) is 15.0 Å². The highest BCUT2D eigenvalue weighted by Gasteiger charge is 2.30. The van der Waals surface area contributed by atoms with Gasteiger partial charge in [0, 0.05) is 24.7 Å². The Kier molecular flexibility index (Phi) is 3.87. The van der Waals surface area contributed by atoms with Crippen molar-refractivity contribution < 1.29 is 15.0 Å². The molecule has 0 bridgehead atoms. The van der Waals surface area contributed by atoms with Crippen molar-refractivity contribution in [3.63, 3.8) is 0 Å². The molecule has 2 unspecified atom stereocenters. The second kappa shape index (κ2) is 5.27. The minimum atomic E-state index is -1.05. The molecular formula is C13H17ClN2O3. The van der Waals surface area contributed by atoms with Gasteiger partial charge in [-0.15, -0.1) is 0 Å². The van der Waals surface area contributed by atoms with Crippen molar-refractivity contribution in [1.82, 2.24) is 0 Å². The van der Waals surface area contributed by atoms with Gasteiger partial charge in [-0.25, -0.2) is 4.79 Å². The van der Waals surface area contributed by atoms with Crippen LogP contribution in [0.25, 0.3) is 0 Å². The molecule has 0 spiro atoms. The van der Waals surface area contributed by atoms with Crippen molar-refractivity contribution in [3.8, 4) is 0 Å². The summed E-state index contributed by atoms with van der Waals surface area (Å²) < 4.78 is 0. The predicted molar refractivity (Wildman–Crippen MR) is 74.8 cm³/mol. The van der Waals surface area contributed by atoms with Crippen LogP contribution in [0.4, 0.5) is 11.4 Å². The fourth-order valence-corrected chi connectivity index (χ4v) is 2.84. The maximum absolute atomic E-state index is 11.3. The van der Waals surface area contributed by atoms with Gasteiger partial charge in [-0.2, -0.15) is 0 Å². The van der Waals surface area contributed by atoms with Crippen LogP contribution in [0, 0.1) is 5.92 Å². The van der Waals surface area contributed by atoms with Gasteiger partial charge in [0.25, 0.3) is 0 Å². The van der Waals surface area contributed by atoms with Crippen LogP contribution in [0.5, 0.6) is 0 Å². The molecule has 4 N–H and O–H groups in total. The number of rotatable bonds is 3. The zero-order valence-corrected chi connectivity index (χ0v) is 11.4. The Morgan fingerprint density at radius 3 is 2.79 bits per heavy atom. The molecule has 0 aliphatic carbocycles. The van der Waals surface area contributed by atoms with Crippen LogP contribution in [0.15, 0.2) is 12.1 Å². The molecule has 2 atom stereocenters. The fourth-order valence-electron chi connectivity index (χ4n) is 2.49. The number of aromatic carboxylic acids is 1. The van der Waals surface area contributed by atoms with E-state index in [4.69, 9.17) is 17.3 Å². The topological polar surface area (TPSA) is 86.8 Å². The van der Waals surface area contributed by atoms with Crippen LogP contribution >= 0.6 is 11.6 Å². The average Bonchev–Trinajstić information content (AvgIpc) is 2.76. The summed E-state index contributed by atoms with van der Waals surface area (Å²) in [5.74, 6) is -0.917. The number of carbonyl (C=O) groups is 1. The number of hydrogen-bond donors (Lipinski definition) is 3. The summed E-state index contributed by atoms with van der Waals surface area (Å²) in [5.41, 5.74) is 6.56. The highest BCUT2D eigenvalue weighted by atomic mass is 35.5. The van der Waals surface area contributed by atoms with E-state index in [-0.39, 0.29) is 11.5 Å². The molecule has 0 aromatic heterocycles. The SMILES string of the molecule is CC(O)C1CCN(c2c(Cl)cc(N)cc2C(=O)O)C1. The lowest BCUT2D eigenvalue weighted by atomic mass is 10.0. The van der Waals surface area contributed by atoms with E-state index in [0.29, 0.717) is 29.5 Å². The van der Waals surface area contributed by atoms with E-state index in [2.05, 4.69) is 0 Å². The number of nitrogens with zero attached hydrogens (tertiary/aromatic N) is 1. The van der Waals surface area contributed by atoms with E-state index >= 15 is 0 Å². The summed E-state index contributed by atoms with van der Waals surface area (Å²) in [7, 11) is 0. The largest absolute Gasteiger partial charge is 0.478 e. The average molecular weight is 285 g/mol. The second-order valence-corrected chi connectivity index (χ2v) is 5.35. The third-order valence-electron chi connectivity index (χ3n) is 3.54. The number of carboxylic acid groups (broad SMARTS) is 1. The first-order chi connectivity index (χ1) is 8.90. The molecule has 2 rings (SSSR count). The molecule has 1 aromatic carbocycles. The lowest BCUT2D eigenvalue weighted by Gasteiger charge is -2.23. The Balaban J connectivity index is 2.37. The molecule has 19 heavy (non-hydrogen) atoms. The first-order valence-electron chi connectivity index (χ1n) is 6.15. The summed E-state index contributed by atoms with van der Waals surface area (Å²) in [6.07, 6.45) is 0.406. The van der Waals surface area contributed by atoms with Crippen molar-refractivity contribution in [3.05, 3.63) is 22.7 Å². The Bertz CT molecular complexity index is 505. The molecule has 6 heteroatoms. The Hall–Kier alpha value is -1.46. The molecule has 1 saturated heterocycles. The lowest BCUT2D eigenvalue weighted by Crippen LogP contribution is -2.25. The zero-order valence-electron chi connectivity index (χ0n) is 10.6. The van der Waals surface area contributed by atoms with Gasteiger partial charge in [0.15, 0.2) is 0 Å². The Labute approximate surface area is 116 Å². The van der Waals surface area contributed by atoms with E-state index < -0.39 is 12.1 Å². The normalized spacial score (nSPS) is 20.6. The van der Waals surface area contributed by atoms with Gasteiger partial charge in [0.05, 0.1) is 22.4 Å². The van der Waals surface area contributed by atoms with Crippen molar-refractivity contribution in [1.29, 1.82) is 0 Å². The number of benzene rings is 1. The maximum Gasteiger partial charge on any atom is 0.337 e. The van der Waals surface area contributed by atoms with Crippen molar-refractivity contribution in [2.75, 3.05) is 23.7 Å². The predicted octanol–water partition coefficient (Wildman–Crippen LogP) is 1.83. The fraction of sp³-hybridized carbons (Fsp3) is 0.462. The molecule has 5 nitrogen and oxygen atoms in total. The smallest absolute Gasteiger partial charge is 0.337 e. The first kappa shape index (κ1) is 14.0. The van der Waals surface area contributed by atoms with E-state index in [1.165, 1.54) is 6.07 Å². The van der Waals surface area contributed by atoms with Gasteiger partial charge in [0.1, 0.15) is 0 Å². The summed E-state index contributed by atoms with van der Waals surface area (Å²) in [4.78, 5) is 13.2. The van der Waals surface area contributed by atoms with E-state index in [1.54, 1.807) is 13.0 Å². The van der Waals surface area contributed by atoms with Crippen LogP contribution in [0.3, 0.4) is 0 Å². The maximum atomic E-state index is 11.3. The van der Waals surface area contributed by atoms with Gasteiger partial charge in [-0.3, -0.25) is 0 Å². The molecule has 104 valence electrons. The van der Waals surface area contributed by atoms with Crippen molar-refractivity contribution in [2.45, 2.75) is 19.4 Å². The molecule has 0 amide bonds. The highest BCUT2D eigenvalue weighted by Crippen LogP contribution is 2.36. The Morgan fingerprint density at radius 1 is 1.58 bits per heavy atom. The number of aliphatic hydroxyl groups excluding tert-OH is 1. The minimum absolute atomic E-state index is 0.108. The molecule has 0 saturated carbocycles. The lowest BCUT2D eigenvalue weighted by molar-refractivity contribution is 0.0697. The standard InChI is InChI=1S/C13H17ClN2O3/c1-7(17)8-2-3-16(6-8)12-10(13(18)19)4-9(15)5-11(12)14/h4-5,7-8,17H,2-3,6,15H2,1H3,(H,18,19). The van der Waals surface area contributed by atoms with E-state index in [1.807, 2.05) is 4.90 Å². The number of aliphatic hydroxyl groups is 1. The van der Waals surface area contributed by atoms with Crippen LogP contribution in [0.1, 0.15) is 23.7 Å². The summed E-state index contributed by atoms with van der Waals surface area (Å²) >= 11 is 6.14. The van der Waals surface area contributed by atoms with Crippen LogP contribution in [0.2, 0.25) is 5.02 Å². The summed E-state index contributed by atoms with van der Waals surface area (Å²) in [6, 6.07) is 2.97. The molecule has 1 aliphatic rings. The highest BCUT2D eigenvalue weighted by molar-refractivity contribution is 6.34. The molecule has 1 fully saturated rings. The van der Waals surface area contributed by atoms with Crippen molar-refractivity contribution >= 4 is 28.9 Å². The molecule has 1 heterocycles. The summed E-state index contributed by atoms with van der Waals surface area (Å²) in [6.45, 7) is 3.03. The number of carboxylic acids is 1. The number of anilines is 2. The van der Waals surface area contributed by atoms with Crippen LogP contribution in [-0.2, 0) is 0 Å². The van der Waals surface area contributed by atoms with Gasteiger partial charge < -0.3 is 20.8 Å². The third-order valence-corrected chi connectivity index (χ3v) is 3.83. The van der Waals surface area contributed by atoms with Gasteiger partial charge in [-0.05, 0) is 25.5 Å². The minimum Gasteiger partial charge on any atom is -0.478 e. The Morgan fingerprint density at radius 2 is 2.26 bits per heavy atom. The second-order valence-electron chi connectivity index (χ2n) is 4.94. The summed E-state index contributed by atoms with van der Waals surface area (Å²) in [5, 5.41) is 19.2. The van der Waals surface area contributed by atoms with Crippen LogP contribution in [-0.4, -0.2) is 35.4 Å². The monoisotopic (exact) mass is 284 g/mol. The molecule has 1 aromatic rings. The number of nitrogens with two attached hydrogens (primary N) is 1. The van der Waals surface area contributed by atoms with E-state index in [0.717, 1.165) is 6.42 Å². The quantitative estimate of drug-likeness (QED) is 0.737. The van der Waals surface area contributed by atoms with Gasteiger partial charge in [0.2, 0.25) is 0 Å². The van der Waals surface area contributed by atoms with Gasteiger partial charge in [-0.1, -0.05) is 11.6 Å². The first-order valence-corrected chi connectivity index (χ1v) is 6.53. The third kappa shape index (κ3) is 2.77. The van der Waals surface area contributed by atoms with Crippen LogP contribution < -0.4 is 10.6 Å². The van der Waals surface area contributed by atoms with Crippen molar-refractivity contribution in [2.24, 2.45) is 5.92 Å². The molecular weight excluding hydrogens is 268 g/mol. The van der Waals surface area contributed by atoms with Gasteiger partial charge >= 0.3 is 5.97 Å².